The van der Waals surface area contributed by atoms with Crippen LogP contribution in [0.5, 0.6) is 5.75 Å². The van der Waals surface area contributed by atoms with E-state index in [1.807, 2.05) is 32.0 Å². The number of methoxy groups -OCH3 is 1. The van der Waals surface area contributed by atoms with Crippen LogP contribution in [-0.4, -0.2) is 32.3 Å². The molecule has 0 aliphatic rings. The van der Waals surface area contributed by atoms with Crippen molar-refractivity contribution in [3.05, 3.63) is 40.3 Å². The Bertz CT molecular complexity index is 513. The van der Waals surface area contributed by atoms with Gasteiger partial charge in [0.15, 0.2) is 0 Å². The molecule has 0 aliphatic heterocycles. The zero-order valence-corrected chi connectivity index (χ0v) is 12.4. The van der Waals surface area contributed by atoms with E-state index in [2.05, 4.69) is 15.3 Å². The fraction of sp³-hybridized carbons (Fsp3) is 0.500. The molecule has 0 saturated carbocycles. The predicted octanol–water partition coefficient (Wildman–Crippen LogP) is 2.59. The number of esters is 1. The molecule has 7 nitrogen and oxygen atoms in total. The molecule has 0 heterocycles. The zero-order chi connectivity index (χ0) is 15.7. The van der Waals surface area contributed by atoms with E-state index in [1.54, 1.807) is 6.07 Å². The van der Waals surface area contributed by atoms with Gasteiger partial charge < -0.3 is 14.8 Å². The fourth-order valence-electron chi connectivity index (χ4n) is 1.80. The summed E-state index contributed by atoms with van der Waals surface area (Å²) in [5, 5.41) is 6.43. The Kier molecular flexibility index (Phi) is 7.08. The number of nitrogens with one attached hydrogen (secondary N) is 1. The van der Waals surface area contributed by atoms with E-state index >= 15 is 0 Å². The summed E-state index contributed by atoms with van der Waals surface area (Å²) >= 11 is 0. The smallest absolute Gasteiger partial charge is 0.327 e. The Morgan fingerprint density at radius 2 is 2.24 bits per heavy atom. The molecule has 1 rings (SSSR count). The predicted molar refractivity (Wildman–Crippen MR) is 79.0 cm³/mol. The first kappa shape index (κ1) is 16.8. The molecule has 0 aliphatic carbocycles. The van der Waals surface area contributed by atoms with Gasteiger partial charge in [0, 0.05) is 18.0 Å². The quantitative estimate of drug-likeness (QED) is 0.262. The summed E-state index contributed by atoms with van der Waals surface area (Å²) in [5.74, 6) is 0.283. The van der Waals surface area contributed by atoms with Crippen LogP contribution in [0, 0.1) is 0 Å². The normalized spacial score (nSPS) is 11.6. The van der Waals surface area contributed by atoms with Gasteiger partial charge in [-0.3, -0.25) is 0 Å². The molecule has 0 radical (unpaired) electrons. The standard InChI is InChI=1S/C14H20N4O3/c1-10(2)21-12-6-4-5-11(9-12)13(14(19)20-3)16-7-8-17-18-15/h4-6,9-10,13,16H,7-8H2,1-3H3. The summed E-state index contributed by atoms with van der Waals surface area (Å²) in [4.78, 5) is 14.5. The Morgan fingerprint density at radius 3 is 2.86 bits per heavy atom. The third kappa shape index (κ3) is 5.72. The summed E-state index contributed by atoms with van der Waals surface area (Å²) in [6.07, 6.45) is 0.0507. The van der Waals surface area contributed by atoms with Crippen molar-refractivity contribution in [1.29, 1.82) is 0 Å². The van der Waals surface area contributed by atoms with Crippen molar-refractivity contribution in [2.45, 2.75) is 26.0 Å². The summed E-state index contributed by atoms with van der Waals surface area (Å²) in [6.45, 7) is 4.50. The number of nitrogens with zero attached hydrogens (tertiary/aromatic N) is 3. The van der Waals surface area contributed by atoms with Crippen LogP contribution in [0.1, 0.15) is 25.5 Å². The molecule has 0 saturated heterocycles. The Labute approximate surface area is 123 Å². The van der Waals surface area contributed by atoms with Gasteiger partial charge in [0.1, 0.15) is 11.8 Å². The van der Waals surface area contributed by atoms with Crippen molar-refractivity contribution >= 4 is 5.97 Å². The highest BCUT2D eigenvalue weighted by molar-refractivity contribution is 5.77. The van der Waals surface area contributed by atoms with Crippen molar-refractivity contribution in [2.24, 2.45) is 5.11 Å². The first-order valence-electron chi connectivity index (χ1n) is 6.67. The van der Waals surface area contributed by atoms with Crippen LogP contribution in [0.4, 0.5) is 0 Å². The van der Waals surface area contributed by atoms with Gasteiger partial charge in [-0.1, -0.05) is 17.2 Å². The van der Waals surface area contributed by atoms with Crippen LogP contribution in [0.15, 0.2) is 29.4 Å². The second-order valence-electron chi connectivity index (χ2n) is 4.60. The molecule has 0 aromatic heterocycles. The van der Waals surface area contributed by atoms with E-state index in [4.69, 9.17) is 15.0 Å². The van der Waals surface area contributed by atoms with E-state index in [-0.39, 0.29) is 12.6 Å². The molecule has 7 heteroatoms. The average Bonchev–Trinajstić information content (AvgIpc) is 2.46. The molecule has 0 fully saturated rings. The van der Waals surface area contributed by atoms with Gasteiger partial charge in [-0.2, -0.15) is 0 Å². The molecule has 1 aromatic rings. The minimum atomic E-state index is -0.625. The van der Waals surface area contributed by atoms with E-state index in [1.165, 1.54) is 7.11 Å². The number of hydrogen-bond acceptors (Lipinski definition) is 5. The van der Waals surface area contributed by atoms with Crippen LogP contribution in [0.25, 0.3) is 10.4 Å². The van der Waals surface area contributed by atoms with E-state index in [9.17, 15) is 4.79 Å². The lowest BCUT2D eigenvalue weighted by molar-refractivity contribution is -0.143. The third-order valence-corrected chi connectivity index (χ3v) is 2.62. The Balaban J connectivity index is 2.86. The number of carbonyl (C=O) groups is 1. The second-order valence-corrected chi connectivity index (χ2v) is 4.60. The lowest BCUT2D eigenvalue weighted by Crippen LogP contribution is -2.31. The van der Waals surface area contributed by atoms with Crippen molar-refractivity contribution in [1.82, 2.24) is 5.32 Å². The van der Waals surface area contributed by atoms with Gasteiger partial charge in [-0.25, -0.2) is 4.79 Å². The molecule has 21 heavy (non-hydrogen) atoms. The molecule has 1 unspecified atom stereocenters. The van der Waals surface area contributed by atoms with Crippen molar-refractivity contribution < 1.29 is 14.3 Å². The van der Waals surface area contributed by atoms with Gasteiger partial charge in [-0.15, -0.1) is 0 Å². The summed E-state index contributed by atoms with van der Waals surface area (Å²) in [6, 6.07) is 6.63. The highest BCUT2D eigenvalue weighted by atomic mass is 16.5. The SMILES string of the molecule is COC(=O)C(NCCN=[N+]=[N-])c1cccc(OC(C)C)c1. The second kappa shape index (κ2) is 8.84. The molecule has 1 N–H and O–H groups in total. The Hall–Kier alpha value is -2.24. The average molecular weight is 292 g/mol. The summed E-state index contributed by atoms with van der Waals surface area (Å²) in [5.41, 5.74) is 8.98. The lowest BCUT2D eigenvalue weighted by Gasteiger charge is -2.18. The topological polar surface area (TPSA) is 96.3 Å². The molecule has 1 atom stereocenters. The van der Waals surface area contributed by atoms with Crippen LogP contribution >= 0.6 is 0 Å². The highest BCUT2D eigenvalue weighted by Gasteiger charge is 2.21. The first-order valence-corrected chi connectivity index (χ1v) is 6.67. The lowest BCUT2D eigenvalue weighted by atomic mass is 10.1. The maximum Gasteiger partial charge on any atom is 0.327 e. The van der Waals surface area contributed by atoms with E-state index < -0.39 is 12.0 Å². The zero-order valence-electron chi connectivity index (χ0n) is 12.4. The van der Waals surface area contributed by atoms with E-state index in [0.29, 0.717) is 12.3 Å². The maximum absolute atomic E-state index is 11.9. The van der Waals surface area contributed by atoms with Crippen molar-refractivity contribution in [2.75, 3.05) is 20.2 Å². The minimum absolute atomic E-state index is 0.0507. The van der Waals surface area contributed by atoms with Crippen LogP contribution < -0.4 is 10.1 Å². The van der Waals surface area contributed by atoms with Crippen LogP contribution in [0.3, 0.4) is 0 Å². The van der Waals surface area contributed by atoms with Gasteiger partial charge >= 0.3 is 5.97 Å². The number of benzene rings is 1. The van der Waals surface area contributed by atoms with Gasteiger partial charge in [-0.05, 0) is 37.1 Å². The molecule has 1 aromatic carbocycles. The molecular formula is C14H20N4O3. The largest absolute Gasteiger partial charge is 0.491 e. The summed E-state index contributed by atoms with van der Waals surface area (Å²) in [7, 11) is 1.33. The Morgan fingerprint density at radius 1 is 1.48 bits per heavy atom. The summed E-state index contributed by atoms with van der Waals surface area (Å²) < 4.78 is 10.4. The van der Waals surface area contributed by atoms with Crippen LogP contribution in [0.2, 0.25) is 0 Å². The first-order chi connectivity index (χ1) is 10.1. The minimum Gasteiger partial charge on any atom is -0.491 e. The molecule has 114 valence electrons. The molecule has 0 amide bonds. The number of carbonyl (C=O) groups excluding carboxylic acids is 1. The van der Waals surface area contributed by atoms with Crippen molar-refractivity contribution in [3.8, 4) is 5.75 Å². The number of hydrogen-bond donors (Lipinski definition) is 1. The van der Waals surface area contributed by atoms with Crippen LogP contribution in [-0.2, 0) is 9.53 Å². The van der Waals surface area contributed by atoms with Gasteiger partial charge in [0.2, 0.25) is 0 Å². The fourth-order valence-corrected chi connectivity index (χ4v) is 1.80. The van der Waals surface area contributed by atoms with Gasteiger partial charge in [0.25, 0.3) is 0 Å². The van der Waals surface area contributed by atoms with Crippen molar-refractivity contribution in [3.63, 3.8) is 0 Å². The van der Waals surface area contributed by atoms with Gasteiger partial charge in [0.05, 0.1) is 13.2 Å². The van der Waals surface area contributed by atoms with E-state index in [0.717, 1.165) is 5.56 Å². The number of rotatable bonds is 8. The monoisotopic (exact) mass is 292 g/mol. The molecule has 0 bridgehead atoms. The maximum atomic E-state index is 11.9. The molecular weight excluding hydrogens is 272 g/mol. The third-order valence-electron chi connectivity index (χ3n) is 2.62. The number of ether oxygens (including phenoxy) is 2. The molecule has 0 spiro atoms. The highest BCUT2D eigenvalue weighted by Crippen LogP contribution is 2.21. The number of azide groups is 1.